The van der Waals surface area contributed by atoms with E-state index in [1.165, 1.54) is 54.6 Å². The molecule has 4 heterocycles. The Morgan fingerprint density at radius 3 is 1.35 bits per heavy atom. The Hall–Kier alpha value is -8.47. The molecule has 9 aromatic carbocycles. The first-order valence-electron chi connectivity index (χ1n) is 21.5. The molecule has 0 atom stereocenters. The van der Waals surface area contributed by atoms with Crippen molar-refractivity contribution in [3.63, 3.8) is 0 Å². The van der Waals surface area contributed by atoms with E-state index in [4.69, 9.17) is 4.98 Å². The minimum atomic E-state index is 0.862. The lowest BCUT2D eigenvalue weighted by molar-refractivity contribution is 1.08. The maximum absolute atomic E-state index is 5.64. The molecule has 0 aliphatic heterocycles. The number of pyridine rings is 1. The summed E-state index contributed by atoms with van der Waals surface area (Å²) in [5, 5.41) is 7.24. The lowest BCUT2D eigenvalue weighted by Gasteiger charge is -2.15. The van der Waals surface area contributed by atoms with E-state index in [0.29, 0.717) is 0 Å². The van der Waals surface area contributed by atoms with Gasteiger partial charge < -0.3 is 9.13 Å². The van der Waals surface area contributed by atoms with Crippen molar-refractivity contribution in [3.8, 4) is 50.7 Å². The van der Waals surface area contributed by atoms with Gasteiger partial charge in [0.25, 0.3) is 0 Å². The summed E-state index contributed by atoms with van der Waals surface area (Å²) < 4.78 is 7.29. The third kappa shape index (κ3) is 5.52. The molecule has 0 spiro atoms. The number of nitrogens with zero attached hydrogens (tertiary/aromatic N) is 4. The van der Waals surface area contributed by atoms with Gasteiger partial charge in [0.1, 0.15) is 5.82 Å². The highest BCUT2D eigenvalue weighted by molar-refractivity contribution is 6.24. The van der Waals surface area contributed by atoms with Crippen molar-refractivity contribution in [1.82, 2.24) is 18.7 Å². The van der Waals surface area contributed by atoms with Gasteiger partial charge in [0, 0.05) is 49.3 Å². The van der Waals surface area contributed by atoms with E-state index in [2.05, 4.69) is 244 Å². The molecule has 13 rings (SSSR count). The standard InChI is InChI=1S/C59H38N4/c1-4-16-39(17-5-1)41-28-30-42(31-29-41)52-36-43(40-18-6-2-7-19-40)37-57(60-52)63-56-35-32-45(61-53-25-13-10-22-46(53)47-23-11-14-26-54(47)61)38-51(56)50-34-33-49-48-24-12-15-27-55(48)62(58(49)59(50)63)44-20-8-3-9-21-44/h1-38H. The van der Waals surface area contributed by atoms with Crippen molar-refractivity contribution < 1.29 is 0 Å². The molecular formula is C59H38N4. The molecule has 0 saturated heterocycles. The Bertz CT molecular complexity index is 3820. The van der Waals surface area contributed by atoms with Crippen LogP contribution in [0.15, 0.2) is 231 Å². The van der Waals surface area contributed by atoms with Crippen LogP contribution in [0.3, 0.4) is 0 Å². The van der Waals surface area contributed by atoms with Gasteiger partial charge in [-0.2, -0.15) is 0 Å². The van der Waals surface area contributed by atoms with Crippen LogP contribution in [0.1, 0.15) is 0 Å². The lowest BCUT2D eigenvalue weighted by atomic mass is 10.0. The van der Waals surface area contributed by atoms with Crippen molar-refractivity contribution in [2.45, 2.75) is 0 Å². The highest BCUT2D eigenvalue weighted by atomic mass is 15.1. The van der Waals surface area contributed by atoms with Gasteiger partial charge in [-0.1, -0.05) is 170 Å². The predicted octanol–water partition coefficient (Wildman–Crippen LogP) is 15.4. The summed E-state index contributed by atoms with van der Waals surface area (Å²) >= 11 is 0. The van der Waals surface area contributed by atoms with Crippen molar-refractivity contribution in [2.24, 2.45) is 0 Å². The number of fused-ring (bicyclic) bond motifs is 10. The Morgan fingerprint density at radius 2 is 0.714 bits per heavy atom. The first kappa shape index (κ1) is 35.3. The van der Waals surface area contributed by atoms with Gasteiger partial charge >= 0.3 is 0 Å². The van der Waals surface area contributed by atoms with Crippen LogP contribution in [0, 0.1) is 0 Å². The van der Waals surface area contributed by atoms with E-state index in [1.807, 2.05) is 0 Å². The number of aromatic nitrogens is 4. The molecule has 294 valence electrons. The van der Waals surface area contributed by atoms with Gasteiger partial charge in [0.05, 0.1) is 38.8 Å². The largest absolute Gasteiger partial charge is 0.309 e. The molecule has 0 bridgehead atoms. The second kappa shape index (κ2) is 14.1. The van der Waals surface area contributed by atoms with Gasteiger partial charge in [0.2, 0.25) is 0 Å². The zero-order valence-corrected chi connectivity index (χ0v) is 34.2. The molecule has 0 unspecified atom stereocenters. The fraction of sp³-hybridized carbons (Fsp3) is 0. The molecule has 0 aliphatic carbocycles. The van der Waals surface area contributed by atoms with Crippen LogP contribution in [0.2, 0.25) is 0 Å². The second-order valence-corrected chi connectivity index (χ2v) is 16.4. The number of para-hydroxylation sites is 4. The topological polar surface area (TPSA) is 27.7 Å². The van der Waals surface area contributed by atoms with E-state index in [9.17, 15) is 0 Å². The first-order valence-corrected chi connectivity index (χ1v) is 21.5. The lowest BCUT2D eigenvalue weighted by Crippen LogP contribution is -2.02. The van der Waals surface area contributed by atoms with Crippen molar-refractivity contribution in [2.75, 3.05) is 0 Å². The van der Waals surface area contributed by atoms with Crippen LogP contribution in [0.4, 0.5) is 0 Å². The van der Waals surface area contributed by atoms with Gasteiger partial charge in [-0.15, -0.1) is 0 Å². The summed E-state index contributed by atoms with van der Waals surface area (Å²) in [6.07, 6.45) is 0. The minimum Gasteiger partial charge on any atom is -0.309 e. The highest BCUT2D eigenvalue weighted by Crippen LogP contribution is 2.43. The number of benzene rings is 9. The maximum atomic E-state index is 5.64. The average Bonchev–Trinajstić information content (AvgIpc) is 4.00. The van der Waals surface area contributed by atoms with Crippen molar-refractivity contribution in [3.05, 3.63) is 231 Å². The zero-order chi connectivity index (χ0) is 41.4. The molecule has 4 nitrogen and oxygen atoms in total. The average molecular weight is 803 g/mol. The molecule has 0 radical (unpaired) electrons. The molecule has 13 aromatic rings. The smallest absolute Gasteiger partial charge is 0.138 e. The first-order chi connectivity index (χ1) is 31.3. The Kier molecular flexibility index (Phi) is 7.87. The molecule has 0 N–H and O–H groups in total. The third-order valence-electron chi connectivity index (χ3n) is 12.8. The second-order valence-electron chi connectivity index (χ2n) is 16.4. The van der Waals surface area contributed by atoms with Gasteiger partial charge in [-0.25, -0.2) is 4.98 Å². The Balaban J connectivity index is 1.15. The monoisotopic (exact) mass is 802 g/mol. The maximum Gasteiger partial charge on any atom is 0.138 e. The molecule has 0 amide bonds. The quantitative estimate of drug-likeness (QED) is 0.165. The Morgan fingerprint density at radius 1 is 0.254 bits per heavy atom. The summed E-state index contributed by atoms with van der Waals surface area (Å²) in [7, 11) is 0. The highest BCUT2D eigenvalue weighted by Gasteiger charge is 2.23. The van der Waals surface area contributed by atoms with Crippen molar-refractivity contribution in [1.29, 1.82) is 0 Å². The summed E-state index contributed by atoms with van der Waals surface area (Å²) in [5.74, 6) is 0.862. The van der Waals surface area contributed by atoms with E-state index in [1.54, 1.807) is 0 Å². The number of hydrogen-bond donors (Lipinski definition) is 0. The van der Waals surface area contributed by atoms with Crippen LogP contribution < -0.4 is 0 Å². The van der Waals surface area contributed by atoms with Gasteiger partial charge in [-0.3, -0.25) is 4.57 Å². The van der Waals surface area contributed by atoms with Crippen LogP contribution in [0.25, 0.3) is 116 Å². The fourth-order valence-electron chi connectivity index (χ4n) is 10.0. The molecule has 0 aliphatic rings. The van der Waals surface area contributed by atoms with Crippen molar-refractivity contribution >= 4 is 65.4 Å². The fourth-order valence-corrected chi connectivity index (χ4v) is 10.0. The van der Waals surface area contributed by atoms with E-state index >= 15 is 0 Å². The van der Waals surface area contributed by atoms with Gasteiger partial charge in [-0.05, 0) is 82.9 Å². The summed E-state index contributed by atoms with van der Waals surface area (Å²) in [6, 6.07) is 83.2. The summed E-state index contributed by atoms with van der Waals surface area (Å²) in [4.78, 5) is 5.64. The molecule has 4 heteroatoms. The van der Waals surface area contributed by atoms with E-state index in [-0.39, 0.29) is 0 Å². The van der Waals surface area contributed by atoms with Crippen LogP contribution in [-0.2, 0) is 0 Å². The van der Waals surface area contributed by atoms with Gasteiger partial charge in [0.15, 0.2) is 0 Å². The van der Waals surface area contributed by atoms with Crippen LogP contribution in [0.5, 0.6) is 0 Å². The van der Waals surface area contributed by atoms with Crippen LogP contribution in [-0.4, -0.2) is 18.7 Å². The summed E-state index contributed by atoms with van der Waals surface area (Å²) in [6.45, 7) is 0. The Labute approximate surface area is 363 Å². The minimum absolute atomic E-state index is 0.862. The molecular weight excluding hydrogens is 765 g/mol. The summed E-state index contributed by atoms with van der Waals surface area (Å²) in [5.41, 5.74) is 15.7. The molecule has 0 fully saturated rings. The van der Waals surface area contributed by atoms with E-state index in [0.717, 1.165) is 61.5 Å². The molecule has 4 aromatic heterocycles. The zero-order valence-electron chi connectivity index (χ0n) is 34.2. The number of hydrogen-bond acceptors (Lipinski definition) is 1. The predicted molar refractivity (Wildman–Crippen MR) is 264 cm³/mol. The van der Waals surface area contributed by atoms with E-state index < -0.39 is 0 Å². The molecule has 63 heavy (non-hydrogen) atoms. The third-order valence-corrected chi connectivity index (χ3v) is 12.8. The molecule has 0 saturated carbocycles. The van der Waals surface area contributed by atoms with Crippen LogP contribution >= 0.6 is 0 Å². The normalized spacial score (nSPS) is 11.8. The SMILES string of the molecule is c1ccc(-c2ccc(-c3cc(-c4ccccc4)cc(-n4c5ccc(-n6c7ccccc7c7ccccc76)cc5c5ccc6c7ccccc7n(-c7ccccc7)c6c54)n3)cc2)cc1. The number of rotatable bonds is 6.